The first-order valence-corrected chi connectivity index (χ1v) is 12.0. The molecule has 3 aromatic rings. The molecular weight excluding hydrogens is 548 g/mol. The molecule has 0 radical (unpaired) electrons. The monoisotopic (exact) mass is 573 g/mol. The SMILES string of the molecule is C[C@H](CO)Nc1cc(-c2ccccc2Cl)c(N(C)C(=O)C(C)(C)c2cc(C(F)(F)F)cc(C(F)(F)F)c2)cn1. The zero-order valence-corrected chi connectivity index (χ0v) is 22.1. The van der Waals surface area contributed by atoms with Crippen LogP contribution >= 0.6 is 11.6 Å². The average molecular weight is 574 g/mol. The van der Waals surface area contributed by atoms with E-state index < -0.39 is 40.4 Å². The number of aliphatic hydroxyl groups excluding tert-OH is 1. The van der Waals surface area contributed by atoms with Gasteiger partial charge in [0.1, 0.15) is 5.82 Å². The van der Waals surface area contributed by atoms with Crippen molar-refractivity contribution in [2.75, 3.05) is 23.9 Å². The van der Waals surface area contributed by atoms with Gasteiger partial charge in [-0.05, 0) is 56.7 Å². The summed E-state index contributed by atoms with van der Waals surface area (Å²) in [7, 11) is 1.35. The summed E-state index contributed by atoms with van der Waals surface area (Å²) in [4.78, 5) is 19.1. The zero-order chi connectivity index (χ0) is 29.3. The third-order valence-corrected chi connectivity index (χ3v) is 6.55. The zero-order valence-electron chi connectivity index (χ0n) is 21.4. The lowest BCUT2D eigenvalue weighted by Gasteiger charge is -2.32. The lowest BCUT2D eigenvalue weighted by molar-refractivity contribution is -0.143. The highest BCUT2D eigenvalue weighted by Gasteiger charge is 2.41. The molecule has 5 nitrogen and oxygen atoms in total. The van der Waals surface area contributed by atoms with E-state index >= 15 is 0 Å². The Hall–Kier alpha value is -3.31. The number of anilines is 2. The second kappa shape index (κ2) is 11.1. The summed E-state index contributed by atoms with van der Waals surface area (Å²) < 4.78 is 80.9. The highest BCUT2D eigenvalue weighted by Crippen LogP contribution is 2.41. The molecule has 1 atom stereocenters. The Kier molecular flexibility index (Phi) is 8.57. The Morgan fingerprint density at radius 1 is 0.974 bits per heavy atom. The molecule has 210 valence electrons. The lowest BCUT2D eigenvalue weighted by atomic mass is 9.81. The number of nitrogens with zero attached hydrogens (tertiary/aromatic N) is 2. The highest BCUT2D eigenvalue weighted by molar-refractivity contribution is 6.33. The lowest BCUT2D eigenvalue weighted by Crippen LogP contribution is -2.42. The molecule has 0 saturated heterocycles. The van der Waals surface area contributed by atoms with E-state index in [1.807, 2.05) is 0 Å². The first-order chi connectivity index (χ1) is 18.0. The summed E-state index contributed by atoms with van der Waals surface area (Å²) in [5, 5.41) is 12.7. The van der Waals surface area contributed by atoms with Crippen molar-refractivity contribution in [3.8, 4) is 11.1 Å². The van der Waals surface area contributed by atoms with E-state index in [2.05, 4.69) is 10.3 Å². The molecule has 0 spiro atoms. The standard InChI is InChI=1S/C27H26ClF6N3O2/c1-15(14-38)36-23-12-20(19-7-5-6-8-21(19)28)22(13-35-23)37(4)24(39)25(2,3)16-9-17(26(29,30)31)11-18(10-16)27(32,33)34/h5-13,15,38H,14H2,1-4H3,(H,35,36)/t15-/m1/s1. The van der Waals surface area contributed by atoms with Gasteiger partial charge in [-0.15, -0.1) is 0 Å². The number of pyridine rings is 1. The molecule has 1 heterocycles. The van der Waals surface area contributed by atoms with Gasteiger partial charge in [0.2, 0.25) is 5.91 Å². The summed E-state index contributed by atoms with van der Waals surface area (Å²) in [6.45, 7) is 4.04. The number of hydrogen-bond acceptors (Lipinski definition) is 4. The van der Waals surface area contributed by atoms with Crippen LogP contribution in [0.15, 0.2) is 54.7 Å². The van der Waals surface area contributed by atoms with Gasteiger partial charge in [0.25, 0.3) is 0 Å². The molecule has 1 aromatic heterocycles. The minimum atomic E-state index is -5.06. The van der Waals surface area contributed by atoms with Crippen molar-refractivity contribution in [1.29, 1.82) is 0 Å². The third-order valence-electron chi connectivity index (χ3n) is 6.23. The summed E-state index contributed by atoms with van der Waals surface area (Å²) in [6.07, 6.45) is -8.78. The third kappa shape index (κ3) is 6.65. The smallest absolute Gasteiger partial charge is 0.394 e. The Bertz CT molecular complexity index is 1330. The molecule has 2 aromatic carbocycles. The van der Waals surface area contributed by atoms with Crippen LogP contribution in [0.5, 0.6) is 0 Å². The summed E-state index contributed by atoms with van der Waals surface area (Å²) >= 11 is 6.41. The molecule has 3 rings (SSSR count). The van der Waals surface area contributed by atoms with Gasteiger partial charge in [0.15, 0.2) is 0 Å². The second-order valence-corrected chi connectivity index (χ2v) is 9.99. The topological polar surface area (TPSA) is 65.5 Å². The number of aliphatic hydroxyl groups is 1. The van der Waals surface area contributed by atoms with Crippen molar-refractivity contribution >= 4 is 29.0 Å². The van der Waals surface area contributed by atoms with Crippen molar-refractivity contribution in [2.24, 2.45) is 0 Å². The largest absolute Gasteiger partial charge is 0.416 e. The number of likely N-dealkylation sites (N-methyl/N-ethyl adjacent to an activating group) is 1. The van der Waals surface area contributed by atoms with Crippen molar-refractivity contribution in [1.82, 2.24) is 4.98 Å². The average Bonchev–Trinajstić information content (AvgIpc) is 2.86. The molecule has 0 fully saturated rings. The van der Waals surface area contributed by atoms with E-state index in [4.69, 9.17) is 11.6 Å². The van der Waals surface area contributed by atoms with Gasteiger partial charge in [-0.25, -0.2) is 4.98 Å². The number of amides is 1. The van der Waals surface area contributed by atoms with Crippen LogP contribution in [0.1, 0.15) is 37.5 Å². The maximum absolute atomic E-state index is 13.7. The van der Waals surface area contributed by atoms with Crippen molar-refractivity contribution in [2.45, 2.75) is 44.6 Å². The predicted molar refractivity (Wildman–Crippen MR) is 138 cm³/mol. The van der Waals surface area contributed by atoms with Crippen molar-refractivity contribution < 1.29 is 36.2 Å². The van der Waals surface area contributed by atoms with Crippen LogP contribution in [0.4, 0.5) is 37.8 Å². The van der Waals surface area contributed by atoms with Crippen LogP contribution in [0.2, 0.25) is 5.02 Å². The number of carbonyl (C=O) groups excluding carboxylic acids is 1. The van der Waals surface area contributed by atoms with Crippen LogP contribution in [-0.4, -0.2) is 35.7 Å². The molecule has 0 aliphatic carbocycles. The minimum Gasteiger partial charge on any atom is -0.394 e. The van der Waals surface area contributed by atoms with Crippen LogP contribution in [-0.2, 0) is 22.6 Å². The van der Waals surface area contributed by atoms with Crippen LogP contribution in [0, 0.1) is 0 Å². The normalized spacial score (nSPS) is 13.2. The minimum absolute atomic E-state index is 0.0201. The molecule has 1 amide bonds. The molecule has 0 aliphatic rings. The predicted octanol–water partition coefficient (Wildman–Crippen LogP) is 7.17. The number of hydrogen-bond donors (Lipinski definition) is 2. The van der Waals surface area contributed by atoms with Gasteiger partial charge in [-0.3, -0.25) is 4.79 Å². The fourth-order valence-electron chi connectivity index (χ4n) is 3.96. The van der Waals surface area contributed by atoms with E-state index in [1.54, 1.807) is 37.3 Å². The van der Waals surface area contributed by atoms with Gasteiger partial charge in [-0.1, -0.05) is 29.8 Å². The molecule has 39 heavy (non-hydrogen) atoms. The van der Waals surface area contributed by atoms with E-state index in [1.165, 1.54) is 27.1 Å². The quantitative estimate of drug-likeness (QED) is 0.294. The van der Waals surface area contributed by atoms with E-state index in [0.29, 0.717) is 34.1 Å². The number of nitrogens with one attached hydrogen (secondary N) is 1. The molecule has 2 N–H and O–H groups in total. The van der Waals surface area contributed by atoms with Gasteiger partial charge in [0.05, 0.1) is 35.0 Å². The Labute approximate surface area is 226 Å². The molecule has 12 heteroatoms. The van der Waals surface area contributed by atoms with E-state index in [-0.39, 0.29) is 24.4 Å². The Balaban J connectivity index is 2.14. The van der Waals surface area contributed by atoms with Crippen molar-refractivity contribution in [3.05, 3.63) is 76.4 Å². The van der Waals surface area contributed by atoms with Crippen LogP contribution < -0.4 is 10.2 Å². The Morgan fingerprint density at radius 3 is 2.03 bits per heavy atom. The summed E-state index contributed by atoms with van der Waals surface area (Å²) in [5.74, 6) is -0.433. The molecule has 0 unspecified atom stereocenters. The first-order valence-electron chi connectivity index (χ1n) is 11.7. The molecule has 0 aliphatic heterocycles. The number of halogens is 7. The fraction of sp³-hybridized carbons (Fsp3) is 0.333. The number of carbonyl (C=O) groups is 1. The molecule has 0 saturated carbocycles. The first kappa shape index (κ1) is 30.2. The number of alkyl halides is 6. The maximum Gasteiger partial charge on any atom is 0.416 e. The van der Waals surface area contributed by atoms with Gasteiger partial charge >= 0.3 is 12.4 Å². The highest BCUT2D eigenvalue weighted by atomic mass is 35.5. The number of benzene rings is 2. The maximum atomic E-state index is 13.7. The van der Waals surface area contributed by atoms with Crippen LogP contribution in [0.25, 0.3) is 11.1 Å². The number of rotatable bonds is 7. The molecular formula is C27H26ClF6N3O2. The van der Waals surface area contributed by atoms with Crippen LogP contribution in [0.3, 0.4) is 0 Å². The van der Waals surface area contributed by atoms with E-state index in [9.17, 15) is 36.2 Å². The summed E-state index contributed by atoms with van der Waals surface area (Å²) in [5.41, 5.74) is -4.14. The fourth-order valence-corrected chi connectivity index (χ4v) is 4.19. The van der Waals surface area contributed by atoms with Gasteiger partial charge in [0, 0.05) is 29.2 Å². The number of aromatic nitrogens is 1. The summed E-state index contributed by atoms with van der Waals surface area (Å²) in [6, 6.07) is 9.08. The van der Waals surface area contributed by atoms with Gasteiger partial charge in [-0.2, -0.15) is 26.3 Å². The van der Waals surface area contributed by atoms with E-state index in [0.717, 1.165) is 4.90 Å². The molecule has 0 bridgehead atoms. The van der Waals surface area contributed by atoms with Crippen molar-refractivity contribution in [3.63, 3.8) is 0 Å². The van der Waals surface area contributed by atoms with Gasteiger partial charge < -0.3 is 15.3 Å². The second-order valence-electron chi connectivity index (χ2n) is 9.58. The Morgan fingerprint density at radius 2 is 1.51 bits per heavy atom.